The number of carbonyl (C=O) groups is 1. The number of Topliss-reactive ketones (excluding diaryl/α,β-unsaturated/α-hetero) is 1. The summed E-state index contributed by atoms with van der Waals surface area (Å²) < 4.78 is 13.0. The van der Waals surface area contributed by atoms with Gasteiger partial charge in [0.1, 0.15) is 5.75 Å². The molecule has 0 heterocycles. The molecule has 0 atom stereocenters. The molecule has 1 aromatic carbocycles. The molecule has 4 heteroatoms. The average Bonchev–Trinajstić information content (AvgIpc) is 2.00. The third kappa shape index (κ3) is 1.48. The van der Waals surface area contributed by atoms with Gasteiger partial charge in [-0.05, 0) is 35.0 Å². The van der Waals surface area contributed by atoms with E-state index in [1.807, 2.05) is 0 Å². The minimum Gasteiger partial charge on any atom is -0.507 e. The van der Waals surface area contributed by atoms with E-state index in [-0.39, 0.29) is 21.6 Å². The minimum absolute atomic E-state index is 0.0281. The smallest absolute Gasteiger partial charge is 0.162 e. The number of hydrogen-bond donors (Lipinski definition) is 1. The fraction of sp³-hybridized carbons (Fsp3) is 0.125. The Morgan fingerprint density at radius 1 is 1.58 bits per heavy atom. The molecule has 0 aliphatic carbocycles. The van der Waals surface area contributed by atoms with Crippen molar-refractivity contribution in [1.82, 2.24) is 0 Å². The average molecular weight is 233 g/mol. The summed E-state index contributed by atoms with van der Waals surface area (Å²) in [6.45, 7) is 1.27. The van der Waals surface area contributed by atoms with Crippen LogP contribution in [0.2, 0.25) is 0 Å². The number of phenolic OH excluding ortho intramolecular Hbond substituents is 1. The number of halogens is 2. The minimum atomic E-state index is -0.720. The maximum absolute atomic E-state index is 13.1. The summed E-state index contributed by atoms with van der Waals surface area (Å²) in [5.74, 6) is -1.30. The van der Waals surface area contributed by atoms with Gasteiger partial charge in [0.25, 0.3) is 0 Å². The van der Waals surface area contributed by atoms with E-state index in [2.05, 4.69) is 15.9 Å². The number of aromatic hydroxyl groups is 1. The molecule has 1 N–H and O–H groups in total. The van der Waals surface area contributed by atoms with E-state index in [9.17, 15) is 9.18 Å². The molecule has 0 unspecified atom stereocenters. The summed E-state index contributed by atoms with van der Waals surface area (Å²) in [5.41, 5.74) is -0.0281. The van der Waals surface area contributed by atoms with Crippen LogP contribution < -0.4 is 0 Å². The van der Waals surface area contributed by atoms with Crippen LogP contribution in [0.5, 0.6) is 5.75 Å². The van der Waals surface area contributed by atoms with Crippen LogP contribution >= 0.6 is 15.9 Å². The zero-order chi connectivity index (χ0) is 9.30. The molecule has 0 saturated heterocycles. The van der Waals surface area contributed by atoms with E-state index in [4.69, 9.17) is 5.11 Å². The standard InChI is InChI=1S/C8H6BrFO2/c1-4(11)5-2-3-6(12)7(9)8(5)10/h2-3,12H,1H3. The van der Waals surface area contributed by atoms with E-state index in [1.165, 1.54) is 19.1 Å². The molecule has 0 aromatic heterocycles. The molecule has 12 heavy (non-hydrogen) atoms. The van der Waals surface area contributed by atoms with Gasteiger partial charge in [0.15, 0.2) is 11.6 Å². The zero-order valence-electron chi connectivity index (χ0n) is 6.27. The Hall–Kier alpha value is -0.900. The van der Waals surface area contributed by atoms with Crippen molar-refractivity contribution in [2.45, 2.75) is 6.92 Å². The van der Waals surface area contributed by atoms with Crippen molar-refractivity contribution >= 4 is 21.7 Å². The molecule has 0 spiro atoms. The number of phenols is 1. The Morgan fingerprint density at radius 3 is 2.67 bits per heavy atom. The second-order valence-corrected chi connectivity index (χ2v) is 3.11. The van der Waals surface area contributed by atoms with Crippen LogP contribution in [0, 0.1) is 5.82 Å². The monoisotopic (exact) mass is 232 g/mol. The number of carbonyl (C=O) groups excluding carboxylic acids is 1. The highest BCUT2D eigenvalue weighted by atomic mass is 79.9. The highest BCUT2D eigenvalue weighted by molar-refractivity contribution is 9.10. The Bertz CT molecular complexity index is 336. The molecular weight excluding hydrogens is 227 g/mol. The van der Waals surface area contributed by atoms with Crippen molar-refractivity contribution in [1.29, 1.82) is 0 Å². The van der Waals surface area contributed by atoms with Gasteiger partial charge < -0.3 is 5.11 Å². The Kier molecular flexibility index (Phi) is 2.47. The molecule has 1 aromatic rings. The summed E-state index contributed by atoms with van der Waals surface area (Å²) in [5, 5.41) is 9.01. The maximum atomic E-state index is 13.1. The predicted molar refractivity (Wildman–Crippen MR) is 45.8 cm³/mol. The van der Waals surface area contributed by atoms with Crippen LogP contribution in [-0.2, 0) is 0 Å². The lowest BCUT2D eigenvalue weighted by Crippen LogP contribution is -1.97. The quantitative estimate of drug-likeness (QED) is 0.756. The van der Waals surface area contributed by atoms with Gasteiger partial charge in [0, 0.05) is 0 Å². The van der Waals surface area contributed by atoms with E-state index < -0.39 is 5.82 Å². The normalized spacial score (nSPS) is 9.92. The van der Waals surface area contributed by atoms with Gasteiger partial charge in [-0.15, -0.1) is 0 Å². The van der Waals surface area contributed by atoms with E-state index in [1.54, 1.807) is 0 Å². The fourth-order valence-electron chi connectivity index (χ4n) is 0.811. The van der Waals surface area contributed by atoms with Crippen LogP contribution in [-0.4, -0.2) is 10.9 Å². The highest BCUT2D eigenvalue weighted by Crippen LogP contribution is 2.28. The number of rotatable bonds is 1. The predicted octanol–water partition coefficient (Wildman–Crippen LogP) is 2.50. The molecule has 0 radical (unpaired) electrons. The van der Waals surface area contributed by atoms with Crippen LogP contribution in [0.4, 0.5) is 4.39 Å². The molecule has 1 rings (SSSR count). The molecule has 0 amide bonds. The van der Waals surface area contributed by atoms with Gasteiger partial charge in [0.05, 0.1) is 10.0 Å². The van der Waals surface area contributed by atoms with Crippen molar-refractivity contribution in [3.8, 4) is 5.75 Å². The first-order valence-electron chi connectivity index (χ1n) is 3.22. The first-order valence-corrected chi connectivity index (χ1v) is 4.01. The van der Waals surface area contributed by atoms with Gasteiger partial charge >= 0.3 is 0 Å². The van der Waals surface area contributed by atoms with Gasteiger partial charge in [-0.1, -0.05) is 0 Å². The van der Waals surface area contributed by atoms with E-state index in [0.29, 0.717) is 0 Å². The van der Waals surface area contributed by atoms with Gasteiger partial charge in [-0.25, -0.2) is 4.39 Å². The van der Waals surface area contributed by atoms with Gasteiger partial charge in [0.2, 0.25) is 0 Å². The van der Waals surface area contributed by atoms with Crippen molar-refractivity contribution in [2.24, 2.45) is 0 Å². The SMILES string of the molecule is CC(=O)c1ccc(O)c(Br)c1F. The van der Waals surface area contributed by atoms with E-state index >= 15 is 0 Å². The number of hydrogen-bond acceptors (Lipinski definition) is 2. The molecule has 2 nitrogen and oxygen atoms in total. The summed E-state index contributed by atoms with van der Waals surface area (Å²) >= 11 is 2.82. The lowest BCUT2D eigenvalue weighted by molar-refractivity contribution is 0.101. The largest absolute Gasteiger partial charge is 0.507 e. The lowest BCUT2D eigenvalue weighted by atomic mass is 10.1. The van der Waals surface area contributed by atoms with Crippen LogP contribution in [0.25, 0.3) is 0 Å². The van der Waals surface area contributed by atoms with Crippen molar-refractivity contribution in [3.05, 3.63) is 28.0 Å². The van der Waals surface area contributed by atoms with Crippen LogP contribution in [0.3, 0.4) is 0 Å². The highest BCUT2D eigenvalue weighted by Gasteiger charge is 2.12. The topological polar surface area (TPSA) is 37.3 Å². The first kappa shape index (κ1) is 9.19. The van der Waals surface area contributed by atoms with Gasteiger partial charge in [-0.3, -0.25) is 4.79 Å². The molecular formula is C8H6BrFO2. The molecule has 64 valence electrons. The first-order chi connectivity index (χ1) is 5.54. The molecule has 0 saturated carbocycles. The number of ketones is 1. The van der Waals surface area contributed by atoms with Crippen molar-refractivity contribution in [2.75, 3.05) is 0 Å². The summed E-state index contributed by atoms with van der Waals surface area (Å²) in [4.78, 5) is 10.8. The lowest BCUT2D eigenvalue weighted by Gasteiger charge is -2.01. The number of benzene rings is 1. The van der Waals surface area contributed by atoms with Crippen molar-refractivity contribution in [3.63, 3.8) is 0 Å². The fourth-order valence-corrected chi connectivity index (χ4v) is 1.16. The van der Waals surface area contributed by atoms with Crippen LogP contribution in [0.1, 0.15) is 17.3 Å². The third-order valence-corrected chi connectivity index (χ3v) is 2.20. The Balaban J connectivity index is 3.36. The molecule has 0 bridgehead atoms. The molecule has 0 aliphatic heterocycles. The summed E-state index contributed by atoms with van der Waals surface area (Å²) in [6.07, 6.45) is 0. The maximum Gasteiger partial charge on any atom is 0.162 e. The second kappa shape index (κ2) is 3.23. The third-order valence-electron chi connectivity index (χ3n) is 1.44. The molecule has 0 aliphatic rings. The van der Waals surface area contributed by atoms with Crippen LogP contribution in [0.15, 0.2) is 16.6 Å². The second-order valence-electron chi connectivity index (χ2n) is 2.32. The molecule has 0 fully saturated rings. The Morgan fingerprint density at radius 2 is 2.17 bits per heavy atom. The summed E-state index contributed by atoms with van der Waals surface area (Å²) in [6, 6.07) is 2.52. The zero-order valence-corrected chi connectivity index (χ0v) is 7.85. The summed E-state index contributed by atoms with van der Waals surface area (Å²) in [7, 11) is 0. The van der Waals surface area contributed by atoms with Gasteiger partial charge in [-0.2, -0.15) is 0 Å². The van der Waals surface area contributed by atoms with Crippen molar-refractivity contribution < 1.29 is 14.3 Å². The van der Waals surface area contributed by atoms with E-state index in [0.717, 1.165) is 0 Å². The Labute approximate surface area is 77.2 Å².